The maximum Gasteiger partial charge on any atom is 0.326 e. The first kappa shape index (κ1) is 15.0. The molecule has 0 saturated carbocycles. The van der Waals surface area contributed by atoms with Crippen LogP contribution >= 0.6 is 0 Å². The molecule has 3 atom stereocenters. The minimum absolute atomic E-state index is 0.0672. The molecule has 1 heterocycles. The van der Waals surface area contributed by atoms with Gasteiger partial charge in [0.05, 0.1) is 0 Å². The fraction of sp³-hybridized carbons (Fsp3) is 0.846. The molecule has 1 aliphatic heterocycles. The number of piperidine rings is 1. The summed E-state index contributed by atoms with van der Waals surface area (Å²) in [6.45, 7) is 4.90. The summed E-state index contributed by atoms with van der Waals surface area (Å²) in [6, 6.07) is -0.656. The summed E-state index contributed by atoms with van der Waals surface area (Å²) in [7, 11) is 0. The lowest BCUT2D eigenvalue weighted by Crippen LogP contribution is -2.51. The van der Waals surface area contributed by atoms with Crippen LogP contribution in [0.5, 0.6) is 0 Å². The Morgan fingerprint density at radius 2 is 2.17 bits per heavy atom. The summed E-state index contributed by atoms with van der Waals surface area (Å²) in [5, 5.41) is 9.26. The highest BCUT2D eigenvalue weighted by Gasteiger charge is 2.36. The lowest BCUT2D eigenvalue weighted by Gasteiger charge is -2.38. The normalized spacial score (nSPS) is 25.8. The number of nitrogens with two attached hydrogens (primary N) is 1. The SMILES string of the molecule is CCC1CCN(C(=O)C(C)CCN)C(C(=O)O)C1. The Labute approximate surface area is 108 Å². The summed E-state index contributed by atoms with van der Waals surface area (Å²) in [4.78, 5) is 25.0. The van der Waals surface area contributed by atoms with Gasteiger partial charge < -0.3 is 15.7 Å². The monoisotopic (exact) mass is 256 g/mol. The van der Waals surface area contributed by atoms with Crippen LogP contribution in [0.25, 0.3) is 0 Å². The van der Waals surface area contributed by atoms with Crippen molar-refractivity contribution >= 4 is 11.9 Å². The van der Waals surface area contributed by atoms with Gasteiger partial charge in [0.15, 0.2) is 0 Å². The van der Waals surface area contributed by atoms with Crippen LogP contribution < -0.4 is 5.73 Å². The van der Waals surface area contributed by atoms with E-state index in [1.54, 1.807) is 0 Å². The van der Waals surface area contributed by atoms with E-state index in [1.807, 2.05) is 6.92 Å². The molecule has 1 saturated heterocycles. The third kappa shape index (κ3) is 3.45. The van der Waals surface area contributed by atoms with Gasteiger partial charge in [0.25, 0.3) is 0 Å². The Balaban J connectivity index is 2.73. The number of carboxylic acid groups (broad SMARTS) is 1. The van der Waals surface area contributed by atoms with E-state index in [2.05, 4.69) is 6.92 Å². The van der Waals surface area contributed by atoms with Gasteiger partial charge in [-0.25, -0.2) is 4.79 Å². The van der Waals surface area contributed by atoms with Gasteiger partial charge >= 0.3 is 5.97 Å². The van der Waals surface area contributed by atoms with Crippen molar-refractivity contribution in [2.24, 2.45) is 17.6 Å². The van der Waals surface area contributed by atoms with E-state index in [-0.39, 0.29) is 11.8 Å². The number of amides is 1. The number of carbonyl (C=O) groups is 2. The first-order chi connectivity index (χ1) is 8.51. The lowest BCUT2D eigenvalue weighted by molar-refractivity contribution is -0.155. The molecule has 0 aromatic heterocycles. The van der Waals surface area contributed by atoms with Crippen molar-refractivity contribution in [3.05, 3.63) is 0 Å². The minimum Gasteiger partial charge on any atom is -0.480 e. The van der Waals surface area contributed by atoms with Gasteiger partial charge in [-0.05, 0) is 31.7 Å². The number of nitrogens with zero attached hydrogens (tertiary/aromatic N) is 1. The largest absolute Gasteiger partial charge is 0.480 e. The molecule has 0 aromatic rings. The van der Waals surface area contributed by atoms with E-state index in [1.165, 1.54) is 4.90 Å². The van der Waals surface area contributed by atoms with Crippen molar-refractivity contribution in [1.29, 1.82) is 0 Å². The minimum atomic E-state index is -0.888. The van der Waals surface area contributed by atoms with Gasteiger partial charge in [-0.3, -0.25) is 4.79 Å². The van der Waals surface area contributed by atoms with Gasteiger partial charge in [-0.1, -0.05) is 20.3 Å². The molecular formula is C13H24N2O3. The maximum absolute atomic E-state index is 12.2. The molecule has 5 nitrogen and oxygen atoms in total. The smallest absolute Gasteiger partial charge is 0.326 e. The average molecular weight is 256 g/mol. The van der Waals surface area contributed by atoms with Gasteiger partial charge in [-0.2, -0.15) is 0 Å². The average Bonchev–Trinajstić information content (AvgIpc) is 2.37. The van der Waals surface area contributed by atoms with Crippen LogP contribution in [0.15, 0.2) is 0 Å². The Morgan fingerprint density at radius 1 is 1.50 bits per heavy atom. The molecule has 0 bridgehead atoms. The van der Waals surface area contributed by atoms with Crippen LogP contribution in [0.2, 0.25) is 0 Å². The zero-order valence-corrected chi connectivity index (χ0v) is 11.3. The van der Waals surface area contributed by atoms with E-state index >= 15 is 0 Å². The van der Waals surface area contributed by atoms with Gasteiger partial charge in [-0.15, -0.1) is 0 Å². The van der Waals surface area contributed by atoms with Gasteiger partial charge in [0.1, 0.15) is 6.04 Å². The van der Waals surface area contributed by atoms with Crippen LogP contribution in [-0.4, -0.2) is 41.0 Å². The quantitative estimate of drug-likeness (QED) is 0.770. The Morgan fingerprint density at radius 3 is 2.67 bits per heavy atom. The molecule has 1 fully saturated rings. The number of hydrogen-bond donors (Lipinski definition) is 2. The highest BCUT2D eigenvalue weighted by Crippen LogP contribution is 2.27. The molecule has 0 aromatic carbocycles. The first-order valence-corrected chi connectivity index (χ1v) is 6.74. The highest BCUT2D eigenvalue weighted by molar-refractivity contribution is 5.85. The molecule has 104 valence electrons. The molecule has 5 heteroatoms. The first-order valence-electron chi connectivity index (χ1n) is 6.74. The van der Waals surface area contributed by atoms with Crippen LogP contribution in [0.3, 0.4) is 0 Å². The standard InChI is InChI=1S/C13H24N2O3/c1-3-10-5-7-15(11(8-10)13(17)18)12(16)9(2)4-6-14/h9-11H,3-8,14H2,1-2H3,(H,17,18). The molecule has 1 rings (SSSR count). The van der Waals surface area contributed by atoms with E-state index in [0.717, 1.165) is 12.8 Å². The zero-order chi connectivity index (χ0) is 13.7. The van der Waals surface area contributed by atoms with Crippen LogP contribution in [-0.2, 0) is 9.59 Å². The van der Waals surface area contributed by atoms with Crippen LogP contribution in [0.1, 0.15) is 39.5 Å². The summed E-state index contributed by atoms with van der Waals surface area (Å²) in [5.74, 6) is -0.723. The molecule has 0 aliphatic carbocycles. The Kier molecular flexibility index (Phi) is 5.59. The lowest BCUT2D eigenvalue weighted by atomic mass is 9.88. The molecule has 1 aliphatic rings. The number of rotatable bonds is 5. The predicted molar refractivity (Wildman–Crippen MR) is 69.0 cm³/mol. The molecule has 18 heavy (non-hydrogen) atoms. The van der Waals surface area contributed by atoms with Gasteiger partial charge in [0, 0.05) is 12.5 Å². The van der Waals surface area contributed by atoms with Crippen molar-refractivity contribution in [2.45, 2.75) is 45.6 Å². The molecule has 0 spiro atoms. The van der Waals surface area contributed by atoms with Crippen molar-refractivity contribution in [2.75, 3.05) is 13.1 Å². The third-order valence-corrected chi connectivity index (χ3v) is 3.88. The van der Waals surface area contributed by atoms with Crippen molar-refractivity contribution < 1.29 is 14.7 Å². The second-order valence-corrected chi connectivity index (χ2v) is 5.16. The van der Waals surface area contributed by atoms with Crippen LogP contribution in [0.4, 0.5) is 0 Å². The maximum atomic E-state index is 12.2. The summed E-state index contributed by atoms with van der Waals surface area (Å²) in [6.07, 6.45) is 3.07. The second kappa shape index (κ2) is 6.73. The van der Waals surface area contributed by atoms with E-state index in [0.29, 0.717) is 31.8 Å². The molecule has 3 N–H and O–H groups in total. The van der Waals surface area contributed by atoms with Crippen molar-refractivity contribution in [3.8, 4) is 0 Å². The van der Waals surface area contributed by atoms with Crippen LogP contribution in [0, 0.1) is 11.8 Å². The van der Waals surface area contributed by atoms with E-state index < -0.39 is 12.0 Å². The number of carboxylic acids is 1. The number of carbonyl (C=O) groups excluding carboxylic acids is 1. The molecular weight excluding hydrogens is 232 g/mol. The van der Waals surface area contributed by atoms with Gasteiger partial charge in [0.2, 0.25) is 5.91 Å². The molecule has 3 unspecified atom stereocenters. The summed E-state index contributed by atoms with van der Waals surface area (Å²) in [5.41, 5.74) is 5.45. The molecule has 0 radical (unpaired) electrons. The number of aliphatic carboxylic acids is 1. The predicted octanol–water partition coefficient (Wildman–Crippen LogP) is 1.07. The molecule has 1 amide bonds. The number of likely N-dealkylation sites (tertiary alicyclic amines) is 1. The number of hydrogen-bond acceptors (Lipinski definition) is 3. The summed E-state index contributed by atoms with van der Waals surface area (Å²) >= 11 is 0. The zero-order valence-electron chi connectivity index (χ0n) is 11.3. The second-order valence-electron chi connectivity index (χ2n) is 5.16. The van der Waals surface area contributed by atoms with E-state index in [4.69, 9.17) is 5.73 Å². The Bertz CT molecular complexity index is 307. The van der Waals surface area contributed by atoms with E-state index in [9.17, 15) is 14.7 Å². The van der Waals surface area contributed by atoms with Crippen molar-refractivity contribution in [1.82, 2.24) is 4.90 Å². The fourth-order valence-corrected chi connectivity index (χ4v) is 2.56. The fourth-order valence-electron chi connectivity index (χ4n) is 2.56. The summed E-state index contributed by atoms with van der Waals surface area (Å²) < 4.78 is 0. The highest BCUT2D eigenvalue weighted by atomic mass is 16.4. The third-order valence-electron chi connectivity index (χ3n) is 3.88. The Hall–Kier alpha value is -1.10. The topological polar surface area (TPSA) is 83.6 Å². The van der Waals surface area contributed by atoms with Crippen molar-refractivity contribution in [3.63, 3.8) is 0 Å².